The number of carboxylic acid groups (broad SMARTS) is 1. The predicted octanol–water partition coefficient (Wildman–Crippen LogP) is 1.36. The number of carbonyl (C=O) groups excluding carboxylic acids is 1. The lowest BCUT2D eigenvalue weighted by Gasteiger charge is -2.09. The Kier molecular flexibility index (Phi) is 4.15. The monoisotopic (exact) mass is 231 g/mol. The molecule has 5 heteroatoms. The van der Waals surface area contributed by atoms with Gasteiger partial charge in [-0.2, -0.15) is 0 Å². The van der Waals surface area contributed by atoms with E-state index < -0.39 is 5.97 Å². The molecule has 0 aliphatic heterocycles. The topological polar surface area (TPSA) is 66.4 Å². The number of carbonyl (C=O) groups is 2. The normalized spacial score (nSPS) is 24.9. The summed E-state index contributed by atoms with van der Waals surface area (Å²) in [6, 6.07) is 0. The minimum atomic E-state index is -0.813. The Labute approximate surface area is 93.3 Å². The van der Waals surface area contributed by atoms with Crippen LogP contribution in [0.5, 0.6) is 0 Å². The summed E-state index contributed by atoms with van der Waals surface area (Å²) < 4.78 is 0. The van der Waals surface area contributed by atoms with Gasteiger partial charge in [0.05, 0.1) is 12.5 Å². The van der Waals surface area contributed by atoms with Crippen LogP contribution in [0.1, 0.15) is 19.3 Å². The van der Waals surface area contributed by atoms with E-state index in [-0.39, 0.29) is 24.3 Å². The summed E-state index contributed by atoms with van der Waals surface area (Å²) in [5, 5.41) is 11.8. The Balaban J connectivity index is 2.36. The van der Waals surface area contributed by atoms with Crippen molar-refractivity contribution >= 4 is 23.5 Å². The SMILES string of the molecule is C=C(Cl)CNC(=O)[C@H]1CC[C@@H](C(=O)O)C1. The Morgan fingerprint density at radius 3 is 2.47 bits per heavy atom. The van der Waals surface area contributed by atoms with Crippen LogP contribution in [0.4, 0.5) is 0 Å². The van der Waals surface area contributed by atoms with Gasteiger partial charge in [-0.05, 0) is 19.3 Å². The van der Waals surface area contributed by atoms with Gasteiger partial charge in [-0.15, -0.1) is 0 Å². The van der Waals surface area contributed by atoms with Crippen LogP contribution in [0.15, 0.2) is 11.6 Å². The molecule has 0 aromatic rings. The van der Waals surface area contributed by atoms with Gasteiger partial charge < -0.3 is 10.4 Å². The number of carboxylic acids is 1. The van der Waals surface area contributed by atoms with Crippen LogP contribution in [-0.4, -0.2) is 23.5 Å². The highest BCUT2D eigenvalue weighted by Gasteiger charge is 2.33. The molecule has 1 aliphatic rings. The lowest BCUT2D eigenvalue weighted by molar-refractivity contribution is -0.141. The van der Waals surface area contributed by atoms with Crippen LogP contribution < -0.4 is 5.32 Å². The van der Waals surface area contributed by atoms with Gasteiger partial charge in [0.2, 0.25) is 5.91 Å². The summed E-state index contributed by atoms with van der Waals surface area (Å²) in [7, 11) is 0. The standard InChI is InChI=1S/C10H14ClNO3/c1-6(11)5-12-9(13)7-2-3-8(4-7)10(14)15/h7-8H,1-5H2,(H,12,13)(H,14,15)/t7-,8+/m0/s1. The molecule has 4 nitrogen and oxygen atoms in total. The fourth-order valence-electron chi connectivity index (χ4n) is 1.77. The molecule has 0 spiro atoms. The van der Waals surface area contributed by atoms with E-state index in [4.69, 9.17) is 16.7 Å². The lowest BCUT2D eigenvalue weighted by Crippen LogP contribution is -2.30. The third-order valence-electron chi connectivity index (χ3n) is 2.61. The smallest absolute Gasteiger partial charge is 0.306 e. The van der Waals surface area contributed by atoms with Gasteiger partial charge >= 0.3 is 5.97 Å². The van der Waals surface area contributed by atoms with Crippen LogP contribution in [0.2, 0.25) is 0 Å². The van der Waals surface area contributed by atoms with E-state index in [1.807, 2.05) is 0 Å². The highest BCUT2D eigenvalue weighted by Crippen LogP contribution is 2.31. The van der Waals surface area contributed by atoms with Crippen LogP contribution in [-0.2, 0) is 9.59 Å². The van der Waals surface area contributed by atoms with Gasteiger partial charge in [-0.3, -0.25) is 9.59 Å². The molecule has 0 bridgehead atoms. The molecule has 15 heavy (non-hydrogen) atoms. The highest BCUT2D eigenvalue weighted by atomic mass is 35.5. The molecule has 0 heterocycles. The van der Waals surface area contributed by atoms with E-state index in [2.05, 4.69) is 11.9 Å². The Morgan fingerprint density at radius 1 is 1.40 bits per heavy atom. The van der Waals surface area contributed by atoms with E-state index >= 15 is 0 Å². The molecule has 1 fully saturated rings. The fourth-order valence-corrected chi connectivity index (χ4v) is 1.84. The fraction of sp³-hybridized carbons (Fsp3) is 0.600. The zero-order valence-corrected chi connectivity index (χ0v) is 9.09. The molecule has 1 saturated carbocycles. The second-order valence-electron chi connectivity index (χ2n) is 3.78. The highest BCUT2D eigenvalue weighted by molar-refractivity contribution is 6.29. The van der Waals surface area contributed by atoms with Crippen molar-refractivity contribution in [3.63, 3.8) is 0 Å². The first kappa shape index (κ1) is 12.0. The Bertz CT molecular complexity index is 290. The summed E-state index contributed by atoms with van der Waals surface area (Å²) in [5.41, 5.74) is 0. The van der Waals surface area contributed by atoms with Crippen LogP contribution in [0.3, 0.4) is 0 Å². The quantitative estimate of drug-likeness (QED) is 0.768. The van der Waals surface area contributed by atoms with Crippen molar-refractivity contribution in [3.8, 4) is 0 Å². The van der Waals surface area contributed by atoms with Crippen molar-refractivity contribution in [1.82, 2.24) is 5.32 Å². The molecule has 0 unspecified atom stereocenters. The third kappa shape index (κ3) is 3.55. The van der Waals surface area contributed by atoms with Crippen LogP contribution in [0.25, 0.3) is 0 Å². The van der Waals surface area contributed by atoms with Gasteiger partial charge in [-0.25, -0.2) is 0 Å². The van der Waals surface area contributed by atoms with E-state index in [1.165, 1.54) is 0 Å². The first-order valence-corrected chi connectivity index (χ1v) is 5.22. The van der Waals surface area contributed by atoms with E-state index in [0.717, 1.165) is 0 Å². The summed E-state index contributed by atoms with van der Waals surface area (Å²) in [6.07, 6.45) is 1.64. The van der Waals surface area contributed by atoms with Gasteiger partial charge in [0.15, 0.2) is 0 Å². The van der Waals surface area contributed by atoms with Gasteiger partial charge in [0, 0.05) is 11.0 Å². The molecule has 84 valence electrons. The zero-order valence-electron chi connectivity index (χ0n) is 8.33. The number of halogens is 1. The molecule has 1 aliphatic carbocycles. The van der Waals surface area contributed by atoms with Gasteiger partial charge in [-0.1, -0.05) is 18.2 Å². The molecule has 0 aromatic heterocycles. The van der Waals surface area contributed by atoms with Crippen molar-refractivity contribution in [3.05, 3.63) is 11.6 Å². The second-order valence-corrected chi connectivity index (χ2v) is 4.31. The van der Waals surface area contributed by atoms with Gasteiger partial charge in [0.1, 0.15) is 0 Å². The molecule has 0 aromatic carbocycles. The van der Waals surface area contributed by atoms with E-state index in [0.29, 0.717) is 24.3 Å². The number of hydrogen-bond donors (Lipinski definition) is 2. The van der Waals surface area contributed by atoms with Crippen molar-refractivity contribution in [1.29, 1.82) is 0 Å². The molecule has 2 atom stereocenters. The Hall–Kier alpha value is -1.03. The predicted molar refractivity (Wildman–Crippen MR) is 56.5 cm³/mol. The van der Waals surface area contributed by atoms with Crippen molar-refractivity contribution in [2.45, 2.75) is 19.3 Å². The number of amides is 1. The first-order chi connectivity index (χ1) is 7.00. The van der Waals surface area contributed by atoms with Gasteiger partial charge in [0.25, 0.3) is 0 Å². The average Bonchev–Trinajstić information content (AvgIpc) is 2.62. The van der Waals surface area contributed by atoms with E-state index in [1.54, 1.807) is 0 Å². The van der Waals surface area contributed by atoms with Crippen LogP contribution in [0, 0.1) is 11.8 Å². The summed E-state index contributed by atoms with van der Waals surface area (Å²) in [5.74, 6) is -1.50. The van der Waals surface area contributed by atoms with Crippen molar-refractivity contribution in [2.75, 3.05) is 6.54 Å². The number of hydrogen-bond acceptors (Lipinski definition) is 2. The molecule has 1 amide bonds. The van der Waals surface area contributed by atoms with Crippen molar-refractivity contribution in [2.24, 2.45) is 11.8 Å². The summed E-state index contributed by atoms with van der Waals surface area (Å²) >= 11 is 5.50. The van der Waals surface area contributed by atoms with Crippen LogP contribution >= 0.6 is 11.6 Å². The first-order valence-electron chi connectivity index (χ1n) is 4.84. The molecule has 1 rings (SSSR count). The number of nitrogens with one attached hydrogen (secondary N) is 1. The number of aliphatic carboxylic acids is 1. The molecular formula is C10H14ClNO3. The third-order valence-corrected chi connectivity index (χ3v) is 2.74. The maximum atomic E-state index is 11.5. The van der Waals surface area contributed by atoms with E-state index in [9.17, 15) is 9.59 Å². The minimum Gasteiger partial charge on any atom is -0.481 e. The summed E-state index contributed by atoms with van der Waals surface area (Å²) in [4.78, 5) is 22.2. The molecular weight excluding hydrogens is 218 g/mol. The minimum absolute atomic E-state index is 0.124. The second kappa shape index (κ2) is 5.16. The molecule has 0 saturated heterocycles. The zero-order chi connectivity index (χ0) is 11.4. The number of rotatable bonds is 4. The van der Waals surface area contributed by atoms with Crippen molar-refractivity contribution < 1.29 is 14.7 Å². The maximum absolute atomic E-state index is 11.5. The largest absolute Gasteiger partial charge is 0.481 e. The maximum Gasteiger partial charge on any atom is 0.306 e. The molecule has 2 N–H and O–H groups in total. The Morgan fingerprint density at radius 2 is 2.00 bits per heavy atom. The lowest BCUT2D eigenvalue weighted by atomic mass is 10.0. The summed E-state index contributed by atoms with van der Waals surface area (Å²) in [6.45, 7) is 3.70. The average molecular weight is 232 g/mol. The molecule has 0 radical (unpaired) electrons.